The number of benzene rings is 1. The summed E-state index contributed by atoms with van der Waals surface area (Å²) in [5.74, 6) is 0.239. The molecule has 1 N–H and O–H groups in total. The summed E-state index contributed by atoms with van der Waals surface area (Å²) < 4.78 is 41.1. The van der Waals surface area contributed by atoms with Crippen molar-refractivity contribution in [1.82, 2.24) is 24.7 Å². The molecular weight excluding hydrogens is 433 g/mol. The van der Waals surface area contributed by atoms with Crippen LogP contribution in [0.5, 0.6) is 0 Å². The number of hydrogen-bond donors (Lipinski definition) is 1. The van der Waals surface area contributed by atoms with E-state index in [4.69, 9.17) is 0 Å². The summed E-state index contributed by atoms with van der Waals surface area (Å²) in [5, 5.41) is 11.0. The Morgan fingerprint density at radius 2 is 1.88 bits per heavy atom. The fourth-order valence-electron chi connectivity index (χ4n) is 3.49. The van der Waals surface area contributed by atoms with E-state index in [0.717, 1.165) is 36.5 Å². The molecule has 7 nitrogen and oxygen atoms in total. The van der Waals surface area contributed by atoms with Gasteiger partial charge in [0.1, 0.15) is 12.0 Å². The van der Waals surface area contributed by atoms with Gasteiger partial charge < -0.3 is 9.88 Å². The van der Waals surface area contributed by atoms with Gasteiger partial charge in [-0.15, -0.1) is 10.2 Å². The van der Waals surface area contributed by atoms with Gasteiger partial charge in [0.05, 0.1) is 5.56 Å². The van der Waals surface area contributed by atoms with Gasteiger partial charge in [0, 0.05) is 41.4 Å². The van der Waals surface area contributed by atoms with Crippen molar-refractivity contribution in [2.45, 2.75) is 25.1 Å². The van der Waals surface area contributed by atoms with Crippen LogP contribution in [0.3, 0.4) is 0 Å². The van der Waals surface area contributed by atoms with Gasteiger partial charge in [-0.05, 0) is 48.7 Å². The van der Waals surface area contributed by atoms with Crippen molar-refractivity contribution in [1.29, 1.82) is 0 Å². The number of nitrogens with zero attached hydrogens (tertiary/aromatic N) is 5. The molecule has 33 heavy (non-hydrogen) atoms. The second kappa shape index (κ2) is 8.12. The van der Waals surface area contributed by atoms with E-state index in [2.05, 4.69) is 25.5 Å². The summed E-state index contributed by atoms with van der Waals surface area (Å²) in [4.78, 5) is 20.5. The standard InChI is InChI=1S/C23H17F3N6O/c24-23(25,26)17-8-16(11-27-12-17)14-6-7-28-20(10-14)22(33)30-18-3-1-2-15(9-18)21-31-29-13-32(21)19-4-5-19/h1-3,6-13,19H,4-5H2,(H,30,33). The van der Waals surface area contributed by atoms with Crippen LogP contribution in [0.1, 0.15) is 34.9 Å². The molecule has 0 aliphatic heterocycles. The Bertz CT molecular complexity index is 1330. The number of alkyl halides is 3. The first-order chi connectivity index (χ1) is 15.9. The van der Waals surface area contributed by atoms with Crippen LogP contribution in [0.25, 0.3) is 22.5 Å². The molecule has 1 amide bonds. The predicted octanol–water partition coefficient (Wildman–Crippen LogP) is 5.01. The molecule has 10 heteroatoms. The van der Waals surface area contributed by atoms with Crippen LogP contribution >= 0.6 is 0 Å². The van der Waals surface area contributed by atoms with E-state index >= 15 is 0 Å². The van der Waals surface area contributed by atoms with E-state index in [0.29, 0.717) is 17.3 Å². The van der Waals surface area contributed by atoms with Crippen LogP contribution in [-0.4, -0.2) is 30.6 Å². The highest BCUT2D eigenvalue weighted by atomic mass is 19.4. The summed E-state index contributed by atoms with van der Waals surface area (Å²) >= 11 is 0. The second-order valence-electron chi connectivity index (χ2n) is 7.72. The molecular formula is C23H17F3N6O. The molecule has 0 bridgehead atoms. The zero-order valence-electron chi connectivity index (χ0n) is 17.1. The zero-order valence-corrected chi connectivity index (χ0v) is 17.1. The molecule has 1 aliphatic rings. The third-order valence-electron chi connectivity index (χ3n) is 5.28. The van der Waals surface area contributed by atoms with Crippen molar-refractivity contribution >= 4 is 11.6 Å². The molecule has 3 aromatic heterocycles. The Morgan fingerprint density at radius 3 is 2.67 bits per heavy atom. The van der Waals surface area contributed by atoms with Gasteiger partial charge in [0.15, 0.2) is 5.82 Å². The van der Waals surface area contributed by atoms with Gasteiger partial charge in [-0.2, -0.15) is 13.2 Å². The van der Waals surface area contributed by atoms with Gasteiger partial charge in [0.2, 0.25) is 0 Å². The molecule has 0 atom stereocenters. The summed E-state index contributed by atoms with van der Waals surface area (Å²) in [6.45, 7) is 0. The van der Waals surface area contributed by atoms with E-state index < -0.39 is 17.6 Å². The normalized spacial score (nSPS) is 13.7. The van der Waals surface area contributed by atoms with Crippen molar-refractivity contribution in [2.75, 3.05) is 5.32 Å². The number of pyridine rings is 2. The number of aromatic nitrogens is 5. The maximum absolute atomic E-state index is 13.0. The zero-order chi connectivity index (χ0) is 23.0. The van der Waals surface area contributed by atoms with Crippen LogP contribution in [-0.2, 0) is 6.18 Å². The number of amides is 1. The number of carbonyl (C=O) groups excluding carboxylic acids is 1. The molecule has 0 unspecified atom stereocenters. The Morgan fingerprint density at radius 1 is 1.03 bits per heavy atom. The summed E-state index contributed by atoms with van der Waals surface area (Å²) in [7, 11) is 0. The van der Waals surface area contributed by atoms with Crippen molar-refractivity contribution in [2.24, 2.45) is 0 Å². The minimum absolute atomic E-state index is 0.0662. The van der Waals surface area contributed by atoms with Gasteiger partial charge in [-0.25, -0.2) is 0 Å². The fraction of sp³-hybridized carbons (Fsp3) is 0.174. The van der Waals surface area contributed by atoms with Gasteiger partial charge in [-0.3, -0.25) is 14.8 Å². The smallest absolute Gasteiger partial charge is 0.321 e. The average Bonchev–Trinajstić information content (AvgIpc) is 3.55. The lowest BCUT2D eigenvalue weighted by atomic mass is 10.1. The van der Waals surface area contributed by atoms with E-state index in [-0.39, 0.29) is 11.3 Å². The van der Waals surface area contributed by atoms with Crippen molar-refractivity contribution in [3.63, 3.8) is 0 Å². The van der Waals surface area contributed by atoms with Crippen molar-refractivity contribution in [3.05, 3.63) is 78.6 Å². The molecule has 1 saturated carbocycles. The highest BCUT2D eigenvalue weighted by Gasteiger charge is 2.31. The number of nitrogens with one attached hydrogen (secondary N) is 1. The number of carbonyl (C=O) groups is 1. The highest BCUT2D eigenvalue weighted by molar-refractivity contribution is 6.03. The minimum Gasteiger partial charge on any atom is -0.321 e. The molecule has 1 aliphatic carbocycles. The monoisotopic (exact) mass is 450 g/mol. The first-order valence-electron chi connectivity index (χ1n) is 10.2. The molecule has 1 aromatic carbocycles. The molecule has 0 saturated heterocycles. The molecule has 0 radical (unpaired) electrons. The van der Waals surface area contributed by atoms with Gasteiger partial charge >= 0.3 is 6.18 Å². The first-order valence-corrected chi connectivity index (χ1v) is 10.2. The SMILES string of the molecule is O=C(Nc1cccc(-c2nncn2C2CC2)c1)c1cc(-c2cncc(C(F)(F)F)c2)ccn1. The number of halogens is 3. The molecule has 0 spiro atoms. The van der Waals surface area contributed by atoms with Gasteiger partial charge in [0.25, 0.3) is 5.91 Å². The number of anilines is 1. The second-order valence-corrected chi connectivity index (χ2v) is 7.72. The fourth-order valence-corrected chi connectivity index (χ4v) is 3.49. The maximum Gasteiger partial charge on any atom is 0.417 e. The molecule has 3 heterocycles. The summed E-state index contributed by atoms with van der Waals surface area (Å²) in [5.41, 5.74) is 1.20. The third-order valence-corrected chi connectivity index (χ3v) is 5.28. The lowest BCUT2D eigenvalue weighted by Crippen LogP contribution is -2.13. The summed E-state index contributed by atoms with van der Waals surface area (Å²) in [6, 6.07) is 11.6. The van der Waals surface area contributed by atoms with E-state index in [1.54, 1.807) is 24.5 Å². The van der Waals surface area contributed by atoms with Crippen molar-refractivity contribution < 1.29 is 18.0 Å². The van der Waals surface area contributed by atoms with Crippen LogP contribution in [0.15, 0.2) is 67.4 Å². The van der Waals surface area contributed by atoms with Crippen LogP contribution < -0.4 is 5.32 Å². The molecule has 1 fully saturated rings. The van der Waals surface area contributed by atoms with Crippen LogP contribution in [0, 0.1) is 0 Å². The van der Waals surface area contributed by atoms with E-state index in [1.807, 2.05) is 10.6 Å². The number of hydrogen-bond acceptors (Lipinski definition) is 5. The molecule has 4 aromatic rings. The largest absolute Gasteiger partial charge is 0.417 e. The topological polar surface area (TPSA) is 85.6 Å². The highest BCUT2D eigenvalue weighted by Crippen LogP contribution is 2.37. The van der Waals surface area contributed by atoms with Crippen molar-refractivity contribution in [3.8, 4) is 22.5 Å². The predicted molar refractivity (Wildman–Crippen MR) is 114 cm³/mol. The van der Waals surface area contributed by atoms with E-state index in [9.17, 15) is 18.0 Å². The Kier molecular flexibility index (Phi) is 5.12. The van der Waals surface area contributed by atoms with Crippen LogP contribution in [0.4, 0.5) is 18.9 Å². The minimum atomic E-state index is -4.51. The molecule has 5 rings (SSSR count). The Labute approximate surface area is 186 Å². The number of rotatable bonds is 5. The maximum atomic E-state index is 13.0. The average molecular weight is 450 g/mol. The van der Waals surface area contributed by atoms with Crippen LogP contribution in [0.2, 0.25) is 0 Å². The third kappa shape index (κ3) is 4.45. The molecule has 166 valence electrons. The lowest BCUT2D eigenvalue weighted by Gasteiger charge is -2.10. The lowest BCUT2D eigenvalue weighted by molar-refractivity contribution is -0.137. The Hall–Kier alpha value is -4.08. The van der Waals surface area contributed by atoms with E-state index in [1.165, 1.54) is 24.5 Å². The van der Waals surface area contributed by atoms with Gasteiger partial charge in [-0.1, -0.05) is 12.1 Å². The summed E-state index contributed by atoms with van der Waals surface area (Å²) in [6.07, 6.45) is 2.82. The first kappa shape index (κ1) is 20.8. The quantitative estimate of drug-likeness (QED) is 0.462. The Balaban J connectivity index is 1.38.